The minimum absolute atomic E-state index is 0. The minimum Gasteiger partial charge on any atom is -0.477 e. The Balaban J connectivity index is 0.00000113. The molecule has 25 heavy (non-hydrogen) atoms. The summed E-state index contributed by atoms with van der Waals surface area (Å²) in [5.41, 5.74) is -2.53. The second-order valence-electron chi connectivity index (χ2n) is 5.42. The van der Waals surface area contributed by atoms with E-state index in [4.69, 9.17) is 4.74 Å². The smallest absolute Gasteiger partial charge is 0.362 e. The number of carboxylic acid groups (broad SMARTS) is 2. The molecule has 0 saturated carbocycles. The van der Waals surface area contributed by atoms with Gasteiger partial charge in [0, 0.05) is 125 Å². The Kier molecular flexibility index (Phi) is 6.61. The van der Waals surface area contributed by atoms with Gasteiger partial charge in [0.1, 0.15) is 0 Å². The predicted molar refractivity (Wildman–Crippen MR) is 91.4 cm³/mol. The van der Waals surface area contributed by atoms with Crippen LogP contribution in [0.3, 0.4) is 0 Å². The number of benzene rings is 2. The molecule has 2 aliphatic rings. The number of ether oxygens (including phenoxy) is 1. The summed E-state index contributed by atoms with van der Waals surface area (Å²) in [6, 6.07) is 13.2. The van der Waals surface area contributed by atoms with E-state index in [-0.39, 0.29) is 103 Å². The van der Waals surface area contributed by atoms with Crippen molar-refractivity contribution < 1.29 is 24.5 Å². The molecule has 2 unspecified atom stereocenters. The van der Waals surface area contributed by atoms with Gasteiger partial charge in [0.25, 0.3) is 11.4 Å². The number of fused-ring (bicyclic) bond motifs is 6. The molecule has 2 heterocycles. The fourth-order valence-corrected chi connectivity index (χ4v) is 3.13. The van der Waals surface area contributed by atoms with E-state index in [1.807, 2.05) is 0 Å². The number of anilines is 2. The normalized spacial score (nSPS) is 24.8. The van der Waals surface area contributed by atoms with Gasteiger partial charge < -0.3 is 25.6 Å². The summed E-state index contributed by atoms with van der Waals surface area (Å²) in [5.74, 6) is -2.63. The maximum Gasteiger partial charge on any atom is 0.362 e. The number of hydrogen-bond acceptors (Lipinski definition) is 5. The van der Waals surface area contributed by atoms with Gasteiger partial charge in [0.05, 0.1) is 0 Å². The Labute approximate surface area is 228 Å². The molecule has 2 radical (unpaired) electrons. The number of nitrogens with one attached hydrogen (secondary N) is 2. The number of para-hydroxylation sites is 2. The Morgan fingerprint density at radius 2 is 1.12 bits per heavy atom. The summed E-state index contributed by atoms with van der Waals surface area (Å²) in [5, 5.41) is 25.3. The minimum atomic E-state index is -1.98. The first-order valence-corrected chi connectivity index (χ1v) is 6.92. The van der Waals surface area contributed by atoms with Crippen molar-refractivity contribution in [1.82, 2.24) is 0 Å². The van der Waals surface area contributed by atoms with Gasteiger partial charge >= 0.3 is 11.9 Å². The van der Waals surface area contributed by atoms with Crippen LogP contribution in [0.5, 0.6) is 0 Å². The summed E-state index contributed by atoms with van der Waals surface area (Å²) < 4.78 is 5.65. The van der Waals surface area contributed by atoms with Gasteiger partial charge in [-0.2, -0.15) is 0 Å². The zero-order valence-corrected chi connectivity index (χ0v) is 20.0. The maximum absolute atomic E-state index is 12.0. The van der Waals surface area contributed by atoms with E-state index in [0.717, 1.165) is 0 Å². The molecule has 2 aliphatic heterocycles. The van der Waals surface area contributed by atoms with E-state index in [1.54, 1.807) is 48.5 Å². The molecular weight excluding hydrogens is 378 g/mol. The van der Waals surface area contributed by atoms with Crippen molar-refractivity contribution >= 4 is 126 Å². The molecule has 2 atom stereocenters. The van der Waals surface area contributed by atoms with Crippen LogP contribution in [0.15, 0.2) is 48.5 Å². The molecule has 0 aromatic heterocycles. The Morgan fingerprint density at radius 1 is 0.760 bits per heavy atom. The van der Waals surface area contributed by atoms with E-state index in [1.165, 1.54) is 0 Å². The SMILES string of the molecule is O=C(O)C12Nc3ccccc3C(C(=O)O)(Nc3ccccc31)O2.[K].[K]. The molecule has 4 N–H and O–H groups in total. The zero-order valence-electron chi connectivity index (χ0n) is 13.7. The second kappa shape index (κ2) is 7.68. The molecule has 7 nitrogen and oxygen atoms in total. The monoisotopic (exact) mass is 390 g/mol. The third-order valence-corrected chi connectivity index (χ3v) is 4.14. The first kappa shape index (κ1) is 21.5. The molecule has 0 fully saturated rings. The third kappa shape index (κ3) is 3.09. The molecule has 2 bridgehead atoms. The second-order valence-corrected chi connectivity index (χ2v) is 5.42. The average Bonchev–Trinajstić information content (AvgIpc) is 2.54. The molecule has 0 amide bonds. The third-order valence-electron chi connectivity index (χ3n) is 4.14. The van der Waals surface area contributed by atoms with Crippen molar-refractivity contribution in [1.29, 1.82) is 0 Å². The summed E-state index contributed by atoms with van der Waals surface area (Å²) in [6.45, 7) is 0. The van der Waals surface area contributed by atoms with Crippen LogP contribution in [0.2, 0.25) is 0 Å². The van der Waals surface area contributed by atoms with Crippen LogP contribution in [0, 0.1) is 0 Å². The van der Waals surface area contributed by atoms with Crippen LogP contribution in [-0.2, 0) is 25.8 Å². The van der Waals surface area contributed by atoms with E-state index in [2.05, 4.69) is 10.6 Å². The molecule has 2 aromatic carbocycles. The van der Waals surface area contributed by atoms with E-state index < -0.39 is 23.4 Å². The van der Waals surface area contributed by atoms with Crippen LogP contribution in [0.1, 0.15) is 11.1 Å². The number of aliphatic carboxylic acids is 2. The van der Waals surface area contributed by atoms with Crippen LogP contribution in [-0.4, -0.2) is 125 Å². The Morgan fingerprint density at radius 3 is 1.48 bits per heavy atom. The van der Waals surface area contributed by atoms with E-state index in [9.17, 15) is 19.8 Å². The fraction of sp³-hybridized carbons (Fsp3) is 0.125. The first-order chi connectivity index (χ1) is 11.0. The van der Waals surface area contributed by atoms with Crippen LogP contribution in [0.4, 0.5) is 11.4 Å². The van der Waals surface area contributed by atoms with Crippen molar-refractivity contribution in [3.8, 4) is 0 Å². The van der Waals surface area contributed by atoms with Crippen molar-refractivity contribution in [2.24, 2.45) is 0 Å². The molecule has 9 heteroatoms. The maximum atomic E-state index is 12.0. The summed E-state index contributed by atoms with van der Waals surface area (Å²) in [4.78, 5) is 24.0. The van der Waals surface area contributed by atoms with Gasteiger partial charge in [-0.15, -0.1) is 0 Å². The van der Waals surface area contributed by atoms with Gasteiger partial charge in [-0.1, -0.05) is 36.4 Å². The number of rotatable bonds is 2. The van der Waals surface area contributed by atoms with Crippen molar-refractivity contribution in [3.05, 3.63) is 59.7 Å². The van der Waals surface area contributed by atoms with Crippen LogP contribution >= 0.6 is 0 Å². The Hall–Kier alpha value is 0.213. The quantitative estimate of drug-likeness (QED) is 0.566. The molecular formula is C16H12K2N2O5. The van der Waals surface area contributed by atoms with Crippen molar-refractivity contribution in [2.45, 2.75) is 11.4 Å². The summed E-state index contributed by atoms with van der Waals surface area (Å²) >= 11 is 0. The topological polar surface area (TPSA) is 108 Å². The van der Waals surface area contributed by atoms with Gasteiger partial charge in [0.2, 0.25) is 0 Å². The van der Waals surface area contributed by atoms with Gasteiger partial charge in [0.15, 0.2) is 0 Å². The molecule has 0 spiro atoms. The summed E-state index contributed by atoms with van der Waals surface area (Å²) in [7, 11) is 0. The standard InChI is InChI=1S/C16H12N2O5.2K/c19-13(20)15-9-5-1-3-7-11(9)17-16(23-15,14(21)22)10-6-2-4-8-12(10)18-15;;/h1-8,17-18H,(H,19,20)(H,21,22);;. The average molecular weight is 390 g/mol. The molecule has 0 saturated heterocycles. The van der Waals surface area contributed by atoms with Crippen molar-refractivity contribution in [2.75, 3.05) is 10.6 Å². The number of carboxylic acids is 2. The van der Waals surface area contributed by atoms with E-state index >= 15 is 0 Å². The fourth-order valence-electron chi connectivity index (χ4n) is 3.13. The van der Waals surface area contributed by atoms with Gasteiger partial charge in [-0.05, 0) is 12.1 Å². The molecule has 2 aromatic rings. The van der Waals surface area contributed by atoms with Gasteiger partial charge in [-0.3, -0.25) is 0 Å². The zero-order chi connectivity index (χ0) is 16.2. The first-order valence-electron chi connectivity index (χ1n) is 6.92. The van der Waals surface area contributed by atoms with Crippen molar-refractivity contribution in [3.63, 3.8) is 0 Å². The van der Waals surface area contributed by atoms with Gasteiger partial charge in [-0.25, -0.2) is 9.59 Å². The van der Waals surface area contributed by atoms with Crippen LogP contribution < -0.4 is 10.6 Å². The molecule has 4 rings (SSSR count). The Bertz CT molecular complexity index is 792. The molecule has 118 valence electrons. The summed E-state index contributed by atoms with van der Waals surface area (Å²) in [6.07, 6.45) is 0. The largest absolute Gasteiger partial charge is 0.477 e. The number of carbonyl (C=O) groups is 2. The molecule has 0 aliphatic carbocycles. The van der Waals surface area contributed by atoms with E-state index in [0.29, 0.717) is 22.5 Å². The number of hydrogen-bond donors (Lipinski definition) is 4. The predicted octanol–water partition coefficient (Wildman–Crippen LogP) is 0.968. The van der Waals surface area contributed by atoms with Crippen LogP contribution in [0.25, 0.3) is 0 Å².